The summed E-state index contributed by atoms with van der Waals surface area (Å²) in [6.45, 7) is 12.7. The van der Waals surface area contributed by atoms with Crippen LogP contribution in [-0.2, 0) is 22.4 Å². The first-order valence-electron chi connectivity index (χ1n) is 13.0. The van der Waals surface area contributed by atoms with E-state index in [0.29, 0.717) is 6.61 Å². The maximum Gasteiger partial charge on any atom is 0.161 e. The van der Waals surface area contributed by atoms with E-state index in [1.807, 2.05) is 12.1 Å². The number of aromatic nitrogens is 2. The van der Waals surface area contributed by atoms with Gasteiger partial charge in [0.1, 0.15) is 18.2 Å². The van der Waals surface area contributed by atoms with Gasteiger partial charge in [-0.05, 0) is 37.2 Å². The Morgan fingerprint density at radius 3 is 2.37 bits per heavy atom. The number of benzene rings is 1. The highest BCUT2D eigenvalue weighted by molar-refractivity contribution is 5.61. The second kappa shape index (κ2) is 12.6. The Bertz CT molecular complexity index is 929. The molecule has 2 aromatic rings. The van der Waals surface area contributed by atoms with Crippen molar-refractivity contribution >= 4 is 5.82 Å². The summed E-state index contributed by atoms with van der Waals surface area (Å²) >= 11 is 0. The van der Waals surface area contributed by atoms with Crippen molar-refractivity contribution in [1.82, 2.24) is 25.1 Å². The summed E-state index contributed by atoms with van der Waals surface area (Å²) in [5.41, 5.74) is 3.37. The van der Waals surface area contributed by atoms with Gasteiger partial charge in [0.15, 0.2) is 5.82 Å². The van der Waals surface area contributed by atoms with Crippen LogP contribution in [0.5, 0.6) is 5.75 Å². The van der Waals surface area contributed by atoms with Crippen molar-refractivity contribution in [1.29, 1.82) is 0 Å². The fourth-order valence-corrected chi connectivity index (χ4v) is 4.77. The zero-order valence-corrected chi connectivity index (χ0v) is 20.6. The summed E-state index contributed by atoms with van der Waals surface area (Å²) in [6.07, 6.45) is 2.01. The van der Waals surface area contributed by atoms with Gasteiger partial charge in [-0.25, -0.2) is 9.97 Å². The molecular formula is C26H38N6O3. The largest absolute Gasteiger partial charge is 0.492 e. The predicted octanol–water partition coefficient (Wildman–Crippen LogP) is 1.63. The third kappa shape index (κ3) is 6.89. The van der Waals surface area contributed by atoms with E-state index >= 15 is 0 Å². The lowest BCUT2D eigenvalue weighted by atomic mass is 10.1. The molecule has 1 aromatic carbocycles. The fraction of sp³-hybridized carbons (Fsp3) is 0.615. The van der Waals surface area contributed by atoms with Gasteiger partial charge in [0, 0.05) is 69.9 Å². The molecule has 0 unspecified atom stereocenters. The van der Waals surface area contributed by atoms with Crippen molar-refractivity contribution in [3.05, 3.63) is 35.5 Å². The number of hydrogen-bond donors (Lipinski definition) is 2. The molecule has 0 aliphatic carbocycles. The fourth-order valence-electron chi connectivity index (χ4n) is 4.77. The first kappa shape index (κ1) is 24.4. The number of morpholine rings is 2. The zero-order valence-electron chi connectivity index (χ0n) is 20.6. The molecule has 0 saturated carbocycles. The van der Waals surface area contributed by atoms with E-state index in [2.05, 4.69) is 32.6 Å². The Kier molecular flexibility index (Phi) is 8.78. The van der Waals surface area contributed by atoms with Crippen LogP contribution in [0, 0.1) is 0 Å². The minimum atomic E-state index is 0.681. The molecule has 2 saturated heterocycles. The van der Waals surface area contributed by atoms with Crippen LogP contribution in [0.2, 0.25) is 0 Å². The molecule has 1 aromatic heterocycles. The summed E-state index contributed by atoms with van der Waals surface area (Å²) in [5, 5.41) is 7.07. The quantitative estimate of drug-likeness (QED) is 0.491. The summed E-state index contributed by atoms with van der Waals surface area (Å²) in [4.78, 5) is 14.7. The highest BCUT2D eigenvalue weighted by Gasteiger charge is 2.18. The summed E-state index contributed by atoms with van der Waals surface area (Å²) in [7, 11) is 0. The molecular weight excluding hydrogens is 444 g/mol. The molecule has 0 radical (unpaired) electrons. The van der Waals surface area contributed by atoms with Gasteiger partial charge in [-0.15, -0.1) is 0 Å². The minimum Gasteiger partial charge on any atom is -0.492 e. The second-order valence-corrected chi connectivity index (χ2v) is 9.31. The Labute approximate surface area is 208 Å². The van der Waals surface area contributed by atoms with E-state index in [-0.39, 0.29) is 0 Å². The van der Waals surface area contributed by atoms with Crippen molar-refractivity contribution in [2.75, 3.05) is 90.7 Å². The van der Waals surface area contributed by atoms with Gasteiger partial charge in [-0.2, -0.15) is 0 Å². The van der Waals surface area contributed by atoms with E-state index < -0.39 is 0 Å². The van der Waals surface area contributed by atoms with Gasteiger partial charge in [0.2, 0.25) is 0 Å². The number of fused-ring (bicyclic) bond motifs is 1. The molecule has 190 valence electrons. The molecule has 9 nitrogen and oxygen atoms in total. The van der Waals surface area contributed by atoms with Crippen molar-refractivity contribution in [2.45, 2.75) is 19.4 Å². The van der Waals surface area contributed by atoms with Crippen LogP contribution in [0.15, 0.2) is 24.3 Å². The summed E-state index contributed by atoms with van der Waals surface area (Å²) in [5.74, 6) is 2.62. The molecule has 9 heteroatoms. The number of nitrogens with zero attached hydrogens (tertiary/aromatic N) is 4. The smallest absolute Gasteiger partial charge is 0.161 e. The van der Waals surface area contributed by atoms with E-state index in [9.17, 15) is 0 Å². The average Bonchev–Trinajstić information content (AvgIpc) is 2.92. The van der Waals surface area contributed by atoms with Crippen molar-refractivity contribution < 1.29 is 14.2 Å². The first-order valence-corrected chi connectivity index (χ1v) is 13.0. The maximum atomic E-state index is 5.97. The monoisotopic (exact) mass is 482 g/mol. The lowest BCUT2D eigenvalue weighted by Gasteiger charge is -2.26. The summed E-state index contributed by atoms with van der Waals surface area (Å²) in [6, 6.07) is 8.17. The molecule has 0 spiro atoms. The molecule has 3 aliphatic rings. The first-order chi connectivity index (χ1) is 17.3. The Morgan fingerprint density at radius 1 is 0.914 bits per heavy atom. The van der Waals surface area contributed by atoms with Crippen LogP contribution in [-0.4, -0.2) is 105 Å². The zero-order chi connectivity index (χ0) is 23.7. The van der Waals surface area contributed by atoms with Crippen molar-refractivity contribution in [2.24, 2.45) is 0 Å². The topological polar surface area (TPSA) is 84.0 Å². The van der Waals surface area contributed by atoms with E-state index in [1.165, 1.54) is 5.56 Å². The lowest BCUT2D eigenvalue weighted by molar-refractivity contribution is 0.0322. The summed E-state index contributed by atoms with van der Waals surface area (Å²) < 4.78 is 16.8. The van der Waals surface area contributed by atoms with E-state index in [4.69, 9.17) is 24.2 Å². The van der Waals surface area contributed by atoms with Gasteiger partial charge >= 0.3 is 0 Å². The molecule has 4 heterocycles. The van der Waals surface area contributed by atoms with Gasteiger partial charge in [-0.3, -0.25) is 9.80 Å². The van der Waals surface area contributed by atoms with Gasteiger partial charge in [-0.1, -0.05) is 0 Å². The second-order valence-electron chi connectivity index (χ2n) is 9.31. The van der Waals surface area contributed by atoms with Crippen LogP contribution in [0.3, 0.4) is 0 Å². The van der Waals surface area contributed by atoms with E-state index in [0.717, 1.165) is 127 Å². The molecule has 0 atom stereocenters. The highest BCUT2D eigenvalue weighted by Crippen LogP contribution is 2.26. The number of ether oxygens (including phenoxy) is 3. The molecule has 2 N–H and O–H groups in total. The molecule has 0 amide bonds. The lowest BCUT2D eigenvalue weighted by Crippen LogP contribution is -2.38. The minimum absolute atomic E-state index is 0.681. The molecule has 5 rings (SSSR count). The van der Waals surface area contributed by atoms with Crippen LogP contribution in [0.4, 0.5) is 5.82 Å². The normalized spacial score (nSPS) is 19.3. The molecule has 0 bridgehead atoms. The van der Waals surface area contributed by atoms with Gasteiger partial charge in [0.05, 0.1) is 32.1 Å². The van der Waals surface area contributed by atoms with Gasteiger partial charge < -0.3 is 24.8 Å². The van der Waals surface area contributed by atoms with Crippen LogP contribution >= 0.6 is 0 Å². The number of anilines is 1. The Hall–Kier alpha value is -2.30. The SMILES string of the molecule is c1cc(-c2nc3c(c(NCCCN4CCOCC4)n2)CNCC3)ccc1OCCN1CCOCC1. The third-order valence-electron chi connectivity index (χ3n) is 6.87. The maximum absolute atomic E-state index is 5.97. The number of nitrogens with one attached hydrogen (secondary N) is 2. The molecule has 3 aliphatic heterocycles. The Balaban J connectivity index is 1.19. The highest BCUT2D eigenvalue weighted by atomic mass is 16.5. The predicted molar refractivity (Wildman–Crippen MR) is 136 cm³/mol. The van der Waals surface area contributed by atoms with Crippen LogP contribution < -0.4 is 15.4 Å². The van der Waals surface area contributed by atoms with E-state index in [1.54, 1.807) is 0 Å². The van der Waals surface area contributed by atoms with Crippen molar-refractivity contribution in [3.63, 3.8) is 0 Å². The average molecular weight is 483 g/mol. The van der Waals surface area contributed by atoms with Crippen LogP contribution in [0.1, 0.15) is 17.7 Å². The van der Waals surface area contributed by atoms with Gasteiger partial charge in [0.25, 0.3) is 0 Å². The van der Waals surface area contributed by atoms with Crippen molar-refractivity contribution in [3.8, 4) is 17.1 Å². The molecule has 2 fully saturated rings. The number of hydrogen-bond acceptors (Lipinski definition) is 9. The Morgan fingerprint density at radius 2 is 1.63 bits per heavy atom. The number of rotatable bonds is 10. The van der Waals surface area contributed by atoms with Crippen LogP contribution in [0.25, 0.3) is 11.4 Å². The molecule has 35 heavy (non-hydrogen) atoms. The standard InChI is InChI=1S/C26H38N6O3/c1(9-31-10-15-33-16-11-31)7-28-26-23-20-27-8-6-24(23)29-25(30-26)21-2-4-22(5-3-21)35-19-14-32-12-17-34-18-13-32/h2-5,27H,1,6-20H2,(H,28,29,30). The third-order valence-corrected chi connectivity index (χ3v) is 6.87.